The Morgan fingerprint density at radius 3 is 2.46 bits per heavy atom. The number of rotatable bonds is 9. The van der Waals surface area contributed by atoms with Crippen molar-refractivity contribution >= 4 is 46.2 Å². The van der Waals surface area contributed by atoms with Gasteiger partial charge in [-0.05, 0) is 24.3 Å². The summed E-state index contributed by atoms with van der Waals surface area (Å²) in [6.45, 7) is 2.70. The molecule has 0 aliphatic rings. The molecule has 0 bridgehead atoms. The zero-order chi connectivity index (χ0) is 18.9. The van der Waals surface area contributed by atoms with Crippen LogP contribution in [0, 0.1) is 0 Å². The van der Waals surface area contributed by atoms with Crippen molar-refractivity contribution in [2.75, 3.05) is 36.6 Å². The summed E-state index contributed by atoms with van der Waals surface area (Å²) in [6, 6.07) is 12.7. The fourth-order valence-corrected chi connectivity index (χ4v) is 2.95. The van der Waals surface area contributed by atoms with Crippen LogP contribution in [0.3, 0.4) is 0 Å². The molecule has 2 N–H and O–H groups in total. The highest BCUT2D eigenvalue weighted by molar-refractivity contribution is 6.39. The first kappa shape index (κ1) is 20.5. The SMILES string of the molecule is CCC(=O)N(CCOCCO)c1ccccc1Nc1c(Cl)cccc1Cl. The minimum atomic E-state index is -0.0507. The van der Waals surface area contributed by atoms with Gasteiger partial charge in [-0.3, -0.25) is 4.79 Å². The van der Waals surface area contributed by atoms with Crippen molar-refractivity contribution in [1.29, 1.82) is 0 Å². The first-order valence-corrected chi connectivity index (χ1v) is 9.13. The average molecular weight is 397 g/mol. The van der Waals surface area contributed by atoms with Crippen LogP contribution in [0.1, 0.15) is 13.3 Å². The Labute approximate surface area is 163 Å². The zero-order valence-electron chi connectivity index (χ0n) is 14.5. The van der Waals surface area contributed by atoms with Gasteiger partial charge < -0.3 is 20.1 Å². The molecule has 0 aromatic heterocycles. The van der Waals surface area contributed by atoms with Crippen molar-refractivity contribution in [2.24, 2.45) is 0 Å². The van der Waals surface area contributed by atoms with Crippen molar-refractivity contribution in [1.82, 2.24) is 0 Å². The van der Waals surface area contributed by atoms with Crippen molar-refractivity contribution in [3.05, 3.63) is 52.5 Å². The molecular weight excluding hydrogens is 375 g/mol. The normalized spacial score (nSPS) is 10.6. The Morgan fingerprint density at radius 2 is 1.81 bits per heavy atom. The number of aliphatic hydroxyl groups excluding tert-OH is 1. The van der Waals surface area contributed by atoms with E-state index >= 15 is 0 Å². The Bertz CT molecular complexity index is 720. The third kappa shape index (κ3) is 5.35. The van der Waals surface area contributed by atoms with Crippen LogP contribution in [0.15, 0.2) is 42.5 Å². The molecule has 1 amide bonds. The predicted molar refractivity (Wildman–Crippen MR) is 107 cm³/mol. The number of para-hydroxylation sites is 3. The van der Waals surface area contributed by atoms with Crippen molar-refractivity contribution in [2.45, 2.75) is 13.3 Å². The second-order valence-corrected chi connectivity index (χ2v) is 6.29. The summed E-state index contributed by atoms with van der Waals surface area (Å²) in [6.07, 6.45) is 0.362. The van der Waals surface area contributed by atoms with E-state index in [1.165, 1.54) is 0 Å². The standard InChI is InChI=1S/C19H22Cl2N2O3/c1-2-18(25)23(10-12-26-13-11-24)17-9-4-3-8-16(17)22-19-14(20)6-5-7-15(19)21/h3-9,22,24H,2,10-13H2,1H3. The van der Waals surface area contributed by atoms with E-state index < -0.39 is 0 Å². The van der Waals surface area contributed by atoms with E-state index in [1.54, 1.807) is 23.1 Å². The first-order valence-electron chi connectivity index (χ1n) is 8.37. The maximum atomic E-state index is 12.5. The smallest absolute Gasteiger partial charge is 0.226 e. The average Bonchev–Trinajstić information content (AvgIpc) is 2.65. The highest BCUT2D eigenvalue weighted by atomic mass is 35.5. The van der Waals surface area contributed by atoms with Crippen molar-refractivity contribution in [3.63, 3.8) is 0 Å². The van der Waals surface area contributed by atoms with Gasteiger partial charge in [0.25, 0.3) is 0 Å². The van der Waals surface area contributed by atoms with Gasteiger partial charge in [0.1, 0.15) is 0 Å². The molecule has 7 heteroatoms. The summed E-state index contributed by atoms with van der Waals surface area (Å²) in [5.41, 5.74) is 2.01. The van der Waals surface area contributed by atoms with E-state index in [2.05, 4.69) is 5.32 Å². The van der Waals surface area contributed by atoms with Crippen LogP contribution in [0.25, 0.3) is 0 Å². The number of nitrogens with zero attached hydrogens (tertiary/aromatic N) is 1. The lowest BCUT2D eigenvalue weighted by molar-refractivity contribution is -0.118. The fourth-order valence-electron chi connectivity index (χ4n) is 2.46. The van der Waals surface area contributed by atoms with E-state index in [0.29, 0.717) is 46.7 Å². The molecule has 0 atom stereocenters. The van der Waals surface area contributed by atoms with Crippen molar-refractivity contribution in [3.8, 4) is 0 Å². The minimum Gasteiger partial charge on any atom is -0.394 e. The van der Waals surface area contributed by atoms with Gasteiger partial charge in [-0.2, -0.15) is 0 Å². The lowest BCUT2D eigenvalue weighted by Crippen LogP contribution is -2.34. The zero-order valence-corrected chi connectivity index (χ0v) is 16.1. The monoisotopic (exact) mass is 396 g/mol. The molecule has 2 aromatic rings. The topological polar surface area (TPSA) is 61.8 Å². The molecule has 0 saturated heterocycles. The van der Waals surface area contributed by atoms with Gasteiger partial charge in [-0.1, -0.05) is 48.3 Å². The van der Waals surface area contributed by atoms with Crippen LogP contribution < -0.4 is 10.2 Å². The number of benzene rings is 2. The first-order chi connectivity index (χ1) is 12.6. The Balaban J connectivity index is 2.30. The Morgan fingerprint density at radius 1 is 1.12 bits per heavy atom. The number of amides is 1. The number of hydrogen-bond acceptors (Lipinski definition) is 4. The van der Waals surface area contributed by atoms with E-state index in [1.807, 2.05) is 31.2 Å². The molecule has 0 heterocycles. The summed E-state index contributed by atoms with van der Waals surface area (Å²) < 4.78 is 5.32. The summed E-state index contributed by atoms with van der Waals surface area (Å²) in [4.78, 5) is 14.1. The van der Waals surface area contributed by atoms with Crippen LogP contribution in [0.2, 0.25) is 10.0 Å². The lowest BCUT2D eigenvalue weighted by atomic mass is 10.2. The lowest BCUT2D eigenvalue weighted by Gasteiger charge is -2.25. The molecule has 140 valence electrons. The van der Waals surface area contributed by atoms with Crippen LogP contribution in [0.4, 0.5) is 17.1 Å². The maximum absolute atomic E-state index is 12.5. The number of nitrogens with one attached hydrogen (secondary N) is 1. The molecule has 0 aliphatic carbocycles. The van der Waals surface area contributed by atoms with Gasteiger partial charge >= 0.3 is 0 Å². The molecule has 5 nitrogen and oxygen atoms in total. The summed E-state index contributed by atoms with van der Waals surface area (Å²) >= 11 is 12.5. The van der Waals surface area contributed by atoms with Crippen LogP contribution >= 0.6 is 23.2 Å². The van der Waals surface area contributed by atoms with Gasteiger partial charge in [0.15, 0.2) is 0 Å². The second-order valence-electron chi connectivity index (χ2n) is 5.47. The number of ether oxygens (including phenoxy) is 1. The second kappa shape index (κ2) is 10.4. The molecule has 0 unspecified atom stereocenters. The molecule has 26 heavy (non-hydrogen) atoms. The van der Waals surface area contributed by atoms with Gasteiger partial charge in [0.2, 0.25) is 5.91 Å². The molecule has 0 fully saturated rings. The van der Waals surface area contributed by atoms with Crippen LogP contribution in [0.5, 0.6) is 0 Å². The molecule has 2 aromatic carbocycles. The molecule has 0 spiro atoms. The molecular formula is C19H22Cl2N2O3. The van der Waals surface area contributed by atoms with Gasteiger partial charge in [-0.15, -0.1) is 0 Å². The van der Waals surface area contributed by atoms with Crippen LogP contribution in [-0.2, 0) is 9.53 Å². The fraction of sp³-hybridized carbons (Fsp3) is 0.316. The number of carbonyl (C=O) groups excluding carboxylic acids is 1. The third-order valence-electron chi connectivity index (χ3n) is 3.72. The number of halogens is 2. The van der Waals surface area contributed by atoms with E-state index in [0.717, 1.165) is 0 Å². The number of aliphatic hydroxyl groups is 1. The highest BCUT2D eigenvalue weighted by Crippen LogP contribution is 2.36. The summed E-state index contributed by atoms with van der Waals surface area (Å²) in [7, 11) is 0. The summed E-state index contributed by atoms with van der Waals surface area (Å²) in [5.74, 6) is -0.0305. The van der Waals surface area contributed by atoms with Crippen LogP contribution in [-0.4, -0.2) is 37.4 Å². The molecule has 0 radical (unpaired) electrons. The van der Waals surface area contributed by atoms with E-state index in [9.17, 15) is 4.79 Å². The minimum absolute atomic E-state index is 0.0305. The summed E-state index contributed by atoms with van der Waals surface area (Å²) in [5, 5.41) is 13.0. The third-order valence-corrected chi connectivity index (χ3v) is 4.35. The van der Waals surface area contributed by atoms with Crippen molar-refractivity contribution < 1.29 is 14.6 Å². The predicted octanol–water partition coefficient (Wildman–Crippen LogP) is 4.49. The number of anilines is 3. The Kier molecular flexibility index (Phi) is 8.19. The molecule has 0 aliphatic heterocycles. The highest BCUT2D eigenvalue weighted by Gasteiger charge is 2.18. The largest absolute Gasteiger partial charge is 0.394 e. The quantitative estimate of drug-likeness (QED) is 0.612. The van der Waals surface area contributed by atoms with Gasteiger partial charge in [-0.25, -0.2) is 0 Å². The molecule has 0 saturated carbocycles. The maximum Gasteiger partial charge on any atom is 0.226 e. The van der Waals surface area contributed by atoms with E-state index in [-0.39, 0.29) is 19.1 Å². The van der Waals surface area contributed by atoms with Gasteiger partial charge in [0.05, 0.1) is 46.9 Å². The van der Waals surface area contributed by atoms with Gasteiger partial charge in [0, 0.05) is 13.0 Å². The number of carbonyl (C=O) groups is 1. The van der Waals surface area contributed by atoms with E-state index in [4.69, 9.17) is 33.0 Å². The number of hydrogen-bond donors (Lipinski definition) is 2. The Hall–Kier alpha value is -1.79. The molecule has 2 rings (SSSR count).